The summed E-state index contributed by atoms with van der Waals surface area (Å²) in [7, 11) is 1.58. The predicted molar refractivity (Wildman–Crippen MR) is 60.9 cm³/mol. The molecule has 0 aliphatic carbocycles. The highest BCUT2D eigenvalue weighted by Crippen LogP contribution is 2.12. The molecule has 0 spiro atoms. The summed E-state index contributed by atoms with van der Waals surface area (Å²) in [6.45, 7) is 3.67. The highest BCUT2D eigenvalue weighted by Gasteiger charge is 2.10. The number of Topliss-reactive ketones (excluding diaryl/α,β-unsaturated/α-hetero) is 1. The second-order valence-electron chi connectivity index (χ2n) is 4.04. The Kier molecular flexibility index (Phi) is 4.62. The van der Waals surface area contributed by atoms with Gasteiger partial charge >= 0.3 is 0 Å². The number of carbonyl (C=O) groups excluding carboxylic acids is 1. The van der Waals surface area contributed by atoms with E-state index in [0.717, 1.165) is 11.1 Å². The molecule has 0 heterocycles. The third-order valence-corrected chi connectivity index (χ3v) is 2.61. The number of halogens is 1. The van der Waals surface area contributed by atoms with Crippen molar-refractivity contribution < 1.29 is 13.9 Å². The number of rotatable bonds is 5. The fourth-order valence-electron chi connectivity index (χ4n) is 1.55. The molecular weight excluding hydrogens is 207 g/mol. The Morgan fingerprint density at radius 1 is 1.50 bits per heavy atom. The minimum Gasteiger partial charge on any atom is -0.381 e. The zero-order chi connectivity index (χ0) is 12.1. The first kappa shape index (κ1) is 12.8. The monoisotopic (exact) mass is 224 g/mol. The lowest BCUT2D eigenvalue weighted by molar-refractivity contribution is -0.120. The van der Waals surface area contributed by atoms with Gasteiger partial charge in [-0.1, -0.05) is 6.07 Å². The molecule has 1 rings (SSSR count). The van der Waals surface area contributed by atoms with Crippen molar-refractivity contribution in [2.24, 2.45) is 0 Å². The van der Waals surface area contributed by atoms with Gasteiger partial charge in [-0.2, -0.15) is 0 Å². The smallest absolute Gasteiger partial charge is 0.139 e. The van der Waals surface area contributed by atoms with Crippen LogP contribution >= 0.6 is 0 Å². The van der Waals surface area contributed by atoms with E-state index in [0.29, 0.717) is 12.8 Å². The molecule has 0 N–H and O–H groups in total. The lowest BCUT2D eigenvalue weighted by atomic mass is 10.0. The highest BCUT2D eigenvalue weighted by molar-refractivity contribution is 5.81. The van der Waals surface area contributed by atoms with Crippen LogP contribution in [0.5, 0.6) is 0 Å². The highest BCUT2D eigenvalue weighted by atomic mass is 19.1. The van der Waals surface area contributed by atoms with Gasteiger partial charge in [0.15, 0.2) is 0 Å². The van der Waals surface area contributed by atoms with Crippen molar-refractivity contribution in [3.05, 3.63) is 35.1 Å². The number of ketones is 1. The minimum absolute atomic E-state index is 0.0618. The summed E-state index contributed by atoms with van der Waals surface area (Å²) >= 11 is 0. The standard InChI is InChI=1S/C13H17FO2/c1-9-6-12(14)5-4-11(9)8-13(15)7-10(2)16-3/h4-6,10H,7-8H2,1-3H3. The predicted octanol–water partition coefficient (Wildman–Crippen LogP) is 2.67. The maximum Gasteiger partial charge on any atom is 0.139 e. The normalized spacial score (nSPS) is 12.5. The van der Waals surface area contributed by atoms with Crippen molar-refractivity contribution >= 4 is 5.78 Å². The molecule has 0 saturated heterocycles. The summed E-state index contributed by atoms with van der Waals surface area (Å²) in [5, 5.41) is 0. The molecular formula is C13H17FO2. The number of ether oxygens (including phenoxy) is 1. The second-order valence-corrected chi connectivity index (χ2v) is 4.04. The van der Waals surface area contributed by atoms with Crippen LogP contribution in [0.15, 0.2) is 18.2 Å². The van der Waals surface area contributed by atoms with Gasteiger partial charge in [-0.3, -0.25) is 4.79 Å². The fraction of sp³-hybridized carbons (Fsp3) is 0.462. The summed E-state index contributed by atoms with van der Waals surface area (Å²) in [5.74, 6) is -0.150. The molecule has 3 heteroatoms. The average molecular weight is 224 g/mol. The van der Waals surface area contributed by atoms with E-state index in [-0.39, 0.29) is 17.7 Å². The van der Waals surface area contributed by atoms with Crippen LogP contribution < -0.4 is 0 Å². The van der Waals surface area contributed by atoms with Gasteiger partial charge in [0.05, 0.1) is 6.10 Å². The number of aryl methyl sites for hydroxylation is 1. The molecule has 0 fully saturated rings. The summed E-state index contributed by atoms with van der Waals surface area (Å²) in [5.41, 5.74) is 1.70. The van der Waals surface area contributed by atoms with Crippen LogP contribution in [0.3, 0.4) is 0 Å². The van der Waals surface area contributed by atoms with Crippen molar-refractivity contribution in [3.8, 4) is 0 Å². The van der Waals surface area contributed by atoms with Crippen molar-refractivity contribution in [2.75, 3.05) is 7.11 Å². The zero-order valence-corrected chi connectivity index (χ0v) is 9.92. The van der Waals surface area contributed by atoms with Gasteiger partial charge in [-0.05, 0) is 37.1 Å². The Morgan fingerprint density at radius 3 is 2.75 bits per heavy atom. The number of carbonyl (C=O) groups is 1. The van der Waals surface area contributed by atoms with Gasteiger partial charge < -0.3 is 4.74 Å². The van der Waals surface area contributed by atoms with Gasteiger partial charge in [-0.25, -0.2) is 4.39 Å². The van der Waals surface area contributed by atoms with E-state index >= 15 is 0 Å². The Morgan fingerprint density at radius 2 is 2.19 bits per heavy atom. The summed E-state index contributed by atoms with van der Waals surface area (Å²) < 4.78 is 17.9. The first-order valence-corrected chi connectivity index (χ1v) is 5.32. The molecule has 0 aromatic heterocycles. The molecule has 0 radical (unpaired) electrons. The van der Waals surface area contributed by atoms with Crippen molar-refractivity contribution in [2.45, 2.75) is 32.8 Å². The van der Waals surface area contributed by atoms with Gasteiger partial charge in [-0.15, -0.1) is 0 Å². The van der Waals surface area contributed by atoms with Gasteiger partial charge in [0.1, 0.15) is 11.6 Å². The van der Waals surface area contributed by atoms with Crippen LogP contribution in [0.25, 0.3) is 0 Å². The van der Waals surface area contributed by atoms with Crippen LogP contribution in [0.1, 0.15) is 24.5 Å². The molecule has 1 atom stereocenters. The molecule has 16 heavy (non-hydrogen) atoms. The fourth-order valence-corrected chi connectivity index (χ4v) is 1.55. The Balaban J connectivity index is 2.63. The first-order valence-electron chi connectivity index (χ1n) is 5.32. The average Bonchev–Trinajstić information content (AvgIpc) is 2.22. The first-order chi connectivity index (χ1) is 7.52. The van der Waals surface area contributed by atoms with Crippen LogP contribution in [-0.4, -0.2) is 19.0 Å². The zero-order valence-electron chi connectivity index (χ0n) is 9.92. The van der Waals surface area contributed by atoms with Gasteiger partial charge in [0.2, 0.25) is 0 Å². The van der Waals surface area contributed by atoms with E-state index in [2.05, 4.69) is 0 Å². The van der Waals surface area contributed by atoms with Crippen molar-refractivity contribution in [3.63, 3.8) is 0 Å². The number of methoxy groups -OCH3 is 1. The lowest BCUT2D eigenvalue weighted by Crippen LogP contribution is -2.14. The molecule has 88 valence electrons. The van der Waals surface area contributed by atoms with E-state index < -0.39 is 0 Å². The van der Waals surface area contributed by atoms with Crippen LogP contribution in [0, 0.1) is 12.7 Å². The summed E-state index contributed by atoms with van der Waals surface area (Å²) in [6, 6.07) is 4.50. The maximum atomic E-state index is 12.8. The Bertz CT molecular complexity index is 374. The molecule has 1 aromatic rings. The summed E-state index contributed by atoms with van der Waals surface area (Å²) in [4.78, 5) is 11.6. The Labute approximate surface area is 95.4 Å². The lowest BCUT2D eigenvalue weighted by Gasteiger charge is -2.09. The minimum atomic E-state index is -0.265. The van der Waals surface area contributed by atoms with E-state index in [1.165, 1.54) is 12.1 Å². The number of benzene rings is 1. The molecule has 0 aliphatic heterocycles. The topological polar surface area (TPSA) is 26.3 Å². The van der Waals surface area contributed by atoms with Crippen LogP contribution in [0.2, 0.25) is 0 Å². The molecule has 2 nitrogen and oxygen atoms in total. The SMILES string of the molecule is COC(C)CC(=O)Cc1ccc(F)cc1C. The van der Waals surface area contributed by atoms with Crippen LogP contribution in [-0.2, 0) is 16.0 Å². The second kappa shape index (κ2) is 5.75. The van der Waals surface area contributed by atoms with Crippen LogP contribution in [0.4, 0.5) is 4.39 Å². The summed E-state index contributed by atoms with van der Waals surface area (Å²) in [6.07, 6.45) is 0.681. The molecule has 1 aromatic carbocycles. The van der Waals surface area contributed by atoms with E-state index in [1.807, 2.05) is 13.8 Å². The Hall–Kier alpha value is -1.22. The number of hydrogen-bond acceptors (Lipinski definition) is 2. The largest absolute Gasteiger partial charge is 0.381 e. The maximum absolute atomic E-state index is 12.8. The van der Waals surface area contributed by atoms with Crippen molar-refractivity contribution in [1.29, 1.82) is 0 Å². The van der Waals surface area contributed by atoms with Gasteiger partial charge in [0, 0.05) is 20.0 Å². The molecule has 0 bridgehead atoms. The molecule has 0 saturated carbocycles. The quantitative estimate of drug-likeness (QED) is 0.768. The van der Waals surface area contributed by atoms with E-state index in [1.54, 1.807) is 13.2 Å². The molecule has 0 aliphatic rings. The van der Waals surface area contributed by atoms with Gasteiger partial charge in [0.25, 0.3) is 0 Å². The van der Waals surface area contributed by atoms with Crippen molar-refractivity contribution in [1.82, 2.24) is 0 Å². The molecule has 0 amide bonds. The number of hydrogen-bond donors (Lipinski definition) is 0. The van der Waals surface area contributed by atoms with E-state index in [4.69, 9.17) is 4.74 Å². The third kappa shape index (κ3) is 3.74. The van der Waals surface area contributed by atoms with E-state index in [9.17, 15) is 9.18 Å². The third-order valence-electron chi connectivity index (χ3n) is 2.61. The molecule has 1 unspecified atom stereocenters.